The van der Waals surface area contributed by atoms with Crippen LogP contribution in [0.15, 0.2) is 28.7 Å². The molecule has 1 aromatic carbocycles. The standard InChI is InChI=1S/C11H12BrF/c1-2-3-4-5-9-6-7-10(12)8-11(9)13/h4-8H,2-3H2,1H3. The first-order valence-corrected chi connectivity index (χ1v) is 5.15. The molecule has 0 radical (unpaired) electrons. The first kappa shape index (κ1) is 10.5. The third-order valence-corrected chi connectivity index (χ3v) is 2.21. The number of allylic oxidation sites excluding steroid dienone is 1. The van der Waals surface area contributed by atoms with Crippen LogP contribution < -0.4 is 0 Å². The predicted octanol–water partition coefficient (Wildman–Crippen LogP) is 4.40. The quantitative estimate of drug-likeness (QED) is 0.737. The SMILES string of the molecule is CCCC=Cc1ccc(Br)cc1F. The minimum atomic E-state index is -0.179. The van der Waals surface area contributed by atoms with Crippen LogP contribution in [0.25, 0.3) is 6.08 Å². The molecule has 0 saturated carbocycles. The summed E-state index contributed by atoms with van der Waals surface area (Å²) in [6.07, 6.45) is 5.90. The van der Waals surface area contributed by atoms with Gasteiger partial charge < -0.3 is 0 Å². The zero-order chi connectivity index (χ0) is 9.68. The van der Waals surface area contributed by atoms with Crippen LogP contribution in [0.5, 0.6) is 0 Å². The first-order chi connectivity index (χ1) is 6.24. The van der Waals surface area contributed by atoms with Crippen molar-refractivity contribution in [3.8, 4) is 0 Å². The van der Waals surface area contributed by atoms with Gasteiger partial charge in [-0.25, -0.2) is 4.39 Å². The summed E-state index contributed by atoms with van der Waals surface area (Å²) in [7, 11) is 0. The molecule has 13 heavy (non-hydrogen) atoms. The molecule has 1 rings (SSSR count). The highest BCUT2D eigenvalue weighted by molar-refractivity contribution is 9.10. The fraction of sp³-hybridized carbons (Fsp3) is 0.273. The van der Waals surface area contributed by atoms with E-state index in [1.807, 2.05) is 18.2 Å². The molecule has 0 nitrogen and oxygen atoms in total. The summed E-state index contributed by atoms with van der Waals surface area (Å²) in [5, 5.41) is 0. The van der Waals surface area contributed by atoms with E-state index < -0.39 is 0 Å². The summed E-state index contributed by atoms with van der Waals surface area (Å²) in [6, 6.07) is 5.09. The van der Waals surface area contributed by atoms with Gasteiger partial charge in [-0.2, -0.15) is 0 Å². The molecule has 0 aliphatic rings. The van der Waals surface area contributed by atoms with Crippen LogP contribution in [0.2, 0.25) is 0 Å². The molecule has 0 unspecified atom stereocenters. The van der Waals surface area contributed by atoms with Gasteiger partial charge in [0.05, 0.1) is 0 Å². The van der Waals surface area contributed by atoms with E-state index in [1.54, 1.807) is 6.07 Å². The van der Waals surface area contributed by atoms with E-state index in [2.05, 4.69) is 22.9 Å². The Bertz CT molecular complexity index is 305. The largest absolute Gasteiger partial charge is 0.206 e. The van der Waals surface area contributed by atoms with Crippen LogP contribution in [0.4, 0.5) is 4.39 Å². The maximum atomic E-state index is 13.2. The maximum absolute atomic E-state index is 13.2. The summed E-state index contributed by atoms with van der Waals surface area (Å²) in [6.45, 7) is 2.10. The van der Waals surface area contributed by atoms with Gasteiger partial charge in [-0.1, -0.05) is 47.5 Å². The first-order valence-electron chi connectivity index (χ1n) is 4.35. The molecular weight excluding hydrogens is 231 g/mol. The molecule has 0 N–H and O–H groups in total. The zero-order valence-electron chi connectivity index (χ0n) is 7.56. The summed E-state index contributed by atoms with van der Waals surface area (Å²) in [5.41, 5.74) is 0.650. The lowest BCUT2D eigenvalue weighted by Crippen LogP contribution is -1.80. The Balaban J connectivity index is 2.77. The Morgan fingerprint density at radius 1 is 1.46 bits per heavy atom. The van der Waals surface area contributed by atoms with Crippen LogP contribution in [-0.2, 0) is 0 Å². The lowest BCUT2D eigenvalue weighted by atomic mass is 10.2. The fourth-order valence-corrected chi connectivity index (χ4v) is 1.35. The topological polar surface area (TPSA) is 0 Å². The lowest BCUT2D eigenvalue weighted by molar-refractivity contribution is 0.624. The molecule has 0 heterocycles. The molecule has 0 bridgehead atoms. The van der Waals surface area contributed by atoms with E-state index in [1.165, 1.54) is 6.07 Å². The Morgan fingerprint density at radius 3 is 2.85 bits per heavy atom. The minimum absolute atomic E-state index is 0.179. The Morgan fingerprint density at radius 2 is 2.23 bits per heavy atom. The molecule has 0 saturated heterocycles. The molecule has 0 aliphatic carbocycles. The molecule has 0 aromatic heterocycles. The highest BCUT2D eigenvalue weighted by Gasteiger charge is 1.97. The zero-order valence-corrected chi connectivity index (χ0v) is 9.14. The minimum Gasteiger partial charge on any atom is -0.206 e. The fourth-order valence-electron chi connectivity index (χ4n) is 1.01. The number of rotatable bonds is 3. The van der Waals surface area contributed by atoms with Crippen molar-refractivity contribution in [2.45, 2.75) is 19.8 Å². The van der Waals surface area contributed by atoms with Crippen LogP contribution in [-0.4, -0.2) is 0 Å². The molecule has 2 heteroatoms. The van der Waals surface area contributed by atoms with E-state index >= 15 is 0 Å². The van der Waals surface area contributed by atoms with E-state index in [0.717, 1.165) is 17.3 Å². The summed E-state index contributed by atoms with van der Waals surface area (Å²) in [5.74, 6) is -0.179. The average Bonchev–Trinajstić information content (AvgIpc) is 2.09. The van der Waals surface area contributed by atoms with Crippen LogP contribution >= 0.6 is 15.9 Å². The van der Waals surface area contributed by atoms with Crippen molar-refractivity contribution >= 4 is 22.0 Å². The maximum Gasteiger partial charge on any atom is 0.131 e. The van der Waals surface area contributed by atoms with Gasteiger partial charge in [-0.3, -0.25) is 0 Å². The summed E-state index contributed by atoms with van der Waals surface area (Å²) >= 11 is 3.21. The summed E-state index contributed by atoms with van der Waals surface area (Å²) in [4.78, 5) is 0. The molecule has 0 spiro atoms. The third-order valence-electron chi connectivity index (χ3n) is 1.72. The normalized spacial score (nSPS) is 11.0. The van der Waals surface area contributed by atoms with Crippen molar-refractivity contribution in [3.63, 3.8) is 0 Å². The van der Waals surface area contributed by atoms with Gasteiger partial charge in [-0.05, 0) is 18.6 Å². The van der Waals surface area contributed by atoms with Gasteiger partial charge >= 0.3 is 0 Å². The third kappa shape index (κ3) is 3.31. The number of unbranched alkanes of at least 4 members (excludes halogenated alkanes) is 1. The highest BCUT2D eigenvalue weighted by Crippen LogP contribution is 2.16. The Kier molecular flexibility index (Phi) is 4.16. The molecule has 70 valence electrons. The second-order valence-corrected chi connectivity index (χ2v) is 3.77. The second-order valence-electron chi connectivity index (χ2n) is 2.86. The number of hydrogen-bond donors (Lipinski definition) is 0. The molecule has 0 fully saturated rings. The molecule has 1 aromatic rings. The van der Waals surface area contributed by atoms with E-state index in [4.69, 9.17) is 0 Å². The molecular formula is C11H12BrF. The van der Waals surface area contributed by atoms with Crippen molar-refractivity contribution in [1.82, 2.24) is 0 Å². The van der Waals surface area contributed by atoms with Crippen LogP contribution in [0.3, 0.4) is 0 Å². The average molecular weight is 243 g/mol. The Labute approximate surface area is 86.6 Å². The lowest BCUT2D eigenvalue weighted by Gasteiger charge is -1.96. The number of halogens is 2. The monoisotopic (exact) mass is 242 g/mol. The highest BCUT2D eigenvalue weighted by atomic mass is 79.9. The van der Waals surface area contributed by atoms with Gasteiger partial charge in [-0.15, -0.1) is 0 Å². The van der Waals surface area contributed by atoms with Crippen molar-refractivity contribution in [3.05, 3.63) is 40.1 Å². The molecule has 0 amide bonds. The van der Waals surface area contributed by atoms with Crippen LogP contribution in [0, 0.1) is 5.82 Å². The van der Waals surface area contributed by atoms with Gasteiger partial charge in [0.25, 0.3) is 0 Å². The molecule has 0 aliphatic heterocycles. The predicted molar refractivity (Wildman–Crippen MR) is 58.0 cm³/mol. The van der Waals surface area contributed by atoms with Gasteiger partial charge in [0, 0.05) is 10.0 Å². The second kappa shape index (κ2) is 5.18. The number of hydrogen-bond acceptors (Lipinski definition) is 0. The number of benzene rings is 1. The van der Waals surface area contributed by atoms with Crippen molar-refractivity contribution in [2.75, 3.05) is 0 Å². The van der Waals surface area contributed by atoms with Crippen molar-refractivity contribution < 1.29 is 4.39 Å². The van der Waals surface area contributed by atoms with Gasteiger partial charge in [0.15, 0.2) is 0 Å². The molecule has 0 atom stereocenters. The van der Waals surface area contributed by atoms with Gasteiger partial charge in [0.2, 0.25) is 0 Å². The van der Waals surface area contributed by atoms with E-state index in [9.17, 15) is 4.39 Å². The van der Waals surface area contributed by atoms with E-state index in [-0.39, 0.29) is 5.82 Å². The smallest absolute Gasteiger partial charge is 0.131 e. The summed E-state index contributed by atoms with van der Waals surface area (Å²) < 4.78 is 14.0. The van der Waals surface area contributed by atoms with E-state index in [0.29, 0.717) is 5.56 Å². The van der Waals surface area contributed by atoms with Crippen LogP contribution in [0.1, 0.15) is 25.3 Å². The van der Waals surface area contributed by atoms with Crippen molar-refractivity contribution in [1.29, 1.82) is 0 Å². The van der Waals surface area contributed by atoms with Gasteiger partial charge in [0.1, 0.15) is 5.82 Å². The Hall–Kier alpha value is -0.630. The van der Waals surface area contributed by atoms with Crippen molar-refractivity contribution in [2.24, 2.45) is 0 Å².